The number of hydrogen-bond acceptors (Lipinski definition) is 5. The van der Waals surface area contributed by atoms with Crippen molar-refractivity contribution in [3.05, 3.63) is 22.7 Å². The van der Waals surface area contributed by atoms with E-state index in [9.17, 15) is 4.79 Å². The smallest absolute Gasteiger partial charge is 0.481 e. The van der Waals surface area contributed by atoms with Gasteiger partial charge in [0.05, 0.1) is 13.2 Å². The number of aryl methyl sites for hydroxylation is 1. The summed E-state index contributed by atoms with van der Waals surface area (Å²) in [6.45, 7) is 4.04. The fourth-order valence-corrected chi connectivity index (χ4v) is 1.37. The molecule has 1 aliphatic heterocycles. The summed E-state index contributed by atoms with van der Waals surface area (Å²) in [6, 6.07) is 1.53. The average Bonchev–Trinajstić information content (AvgIpc) is 2.33. The van der Waals surface area contributed by atoms with Crippen LogP contribution < -0.4 is 40.0 Å². The monoisotopic (exact) mass is 277 g/mol. The maximum absolute atomic E-state index is 11.3. The molecule has 0 atom stereocenters. The number of carboxylic acid groups (broad SMARTS) is 1. The van der Waals surface area contributed by atoms with Crippen LogP contribution in [-0.4, -0.2) is 46.9 Å². The Labute approximate surface area is 133 Å². The molecule has 0 bridgehead atoms. The third kappa shape index (κ3) is 6.72. The zero-order valence-electron chi connectivity index (χ0n) is 11.4. The summed E-state index contributed by atoms with van der Waals surface area (Å²) in [5.74, 6) is -0.142. The van der Waals surface area contributed by atoms with Crippen molar-refractivity contribution in [1.29, 1.82) is 0 Å². The molecule has 0 unspecified atom stereocenters. The van der Waals surface area contributed by atoms with Gasteiger partial charge in [0.15, 0.2) is 0 Å². The Balaban J connectivity index is 0.000000576. The Morgan fingerprint density at radius 1 is 1.47 bits per heavy atom. The van der Waals surface area contributed by atoms with Crippen LogP contribution in [0.2, 0.25) is 0 Å². The standard InChI is InChI=1S/C9H12N3O2.C2H4O2.Na/c1-11-7-10-8(6-9(11)13)12-2-4-14-5-3-12;1-2(3)4;/h6H,2-5H2,1H3;1H3,(H,3,4);/q-1;;+1. The molecule has 0 radical (unpaired) electrons. The molecule has 0 saturated carbocycles. The van der Waals surface area contributed by atoms with Crippen molar-refractivity contribution in [3.63, 3.8) is 0 Å². The van der Waals surface area contributed by atoms with Gasteiger partial charge in [0.1, 0.15) is 5.56 Å². The van der Waals surface area contributed by atoms with Gasteiger partial charge < -0.3 is 29.1 Å². The Hall–Kier alpha value is -0.890. The quantitative estimate of drug-likeness (QED) is 0.424. The molecular formula is C11H16N3NaO4. The van der Waals surface area contributed by atoms with Crippen LogP contribution in [0.15, 0.2) is 10.9 Å². The first-order valence-corrected chi connectivity index (χ1v) is 5.48. The number of nitrogens with zero attached hydrogens (tertiary/aromatic N) is 3. The number of morpholine rings is 1. The predicted molar refractivity (Wildman–Crippen MR) is 64.7 cm³/mol. The SMILES string of the molecule is CC(=O)O.Cn1[c-]nc(N2CCOCC2)cc1=O.[Na+]. The van der Waals surface area contributed by atoms with Crippen molar-refractivity contribution < 1.29 is 44.2 Å². The van der Waals surface area contributed by atoms with E-state index in [1.807, 2.05) is 4.90 Å². The Morgan fingerprint density at radius 3 is 2.47 bits per heavy atom. The van der Waals surface area contributed by atoms with E-state index in [-0.39, 0.29) is 35.1 Å². The summed E-state index contributed by atoms with van der Waals surface area (Å²) in [4.78, 5) is 26.4. The van der Waals surface area contributed by atoms with Crippen molar-refractivity contribution in [2.24, 2.45) is 7.05 Å². The van der Waals surface area contributed by atoms with Gasteiger partial charge in [-0.1, -0.05) is 6.07 Å². The molecule has 1 saturated heterocycles. The van der Waals surface area contributed by atoms with Gasteiger partial charge in [-0.05, 0) is 7.05 Å². The van der Waals surface area contributed by atoms with Gasteiger partial charge in [-0.15, -0.1) is 0 Å². The molecule has 0 amide bonds. The van der Waals surface area contributed by atoms with Crippen molar-refractivity contribution in [1.82, 2.24) is 9.55 Å². The minimum absolute atomic E-state index is 0. The number of aliphatic carboxylic acids is 1. The second-order valence-electron chi connectivity index (χ2n) is 3.73. The molecule has 0 aromatic carbocycles. The Bertz CT molecular complexity index is 453. The molecule has 1 N–H and O–H groups in total. The zero-order valence-corrected chi connectivity index (χ0v) is 13.4. The predicted octanol–water partition coefficient (Wildman–Crippen LogP) is -3.49. The van der Waals surface area contributed by atoms with Gasteiger partial charge in [0.25, 0.3) is 5.97 Å². The normalized spacial score (nSPS) is 13.9. The molecule has 2 rings (SSSR count). The van der Waals surface area contributed by atoms with Gasteiger partial charge in [0, 0.05) is 32.2 Å². The molecule has 1 aromatic heterocycles. The topological polar surface area (TPSA) is 84.7 Å². The van der Waals surface area contributed by atoms with Crippen molar-refractivity contribution in [2.45, 2.75) is 6.92 Å². The molecule has 0 spiro atoms. The minimum atomic E-state index is -0.833. The fourth-order valence-electron chi connectivity index (χ4n) is 1.37. The molecule has 100 valence electrons. The third-order valence-corrected chi connectivity index (χ3v) is 2.23. The van der Waals surface area contributed by atoms with E-state index in [2.05, 4.69) is 11.3 Å². The first-order chi connectivity index (χ1) is 8.50. The number of anilines is 1. The number of carbonyl (C=O) groups is 1. The zero-order chi connectivity index (χ0) is 13.5. The molecular weight excluding hydrogens is 261 g/mol. The molecule has 1 aliphatic rings. The summed E-state index contributed by atoms with van der Waals surface area (Å²) < 4.78 is 6.55. The van der Waals surface area contributed by atoms with Gasteiger partial charge in [-0.2, -0.15) is 0 Å². The van der Waals surface area contributed by atoms with E-state index in [4.69, 9.17) is 14.6 Å². The number of hydrogen-bond donors (Lipinski definition) is 1. The second kappa shape index (κ2) is 9.08. The third-order valence-electron chi connectivity index (χ3n) is 2.23. The minimum Gasteiger partial charge on any atom is -0.481 e. The van der Waals surface area contributed by atoms with Crippen molar-refractivity contribution in [2.75, 3.05) is 31.2 Å². The van der Waals surface area contributed by atoms with E-state index in [1.54, 1.807) is 7.05 Å². The average molecular weight is 277 g/mol. The number of aromatic nitrogens is 2. The van der Waals surface area contributed by atoms with Crippen LogP contribution in [0.3, 0.4) is 0 Å². The van der Waals surface area contributed by atoms with Gasteiger partial charge >= 0.3 is 29.6 Å². The van der Waals surface area contributed by atoms with Gasteiger partial charge in [-0.3, -0.25) is 4.79 Å². The number of rotatable bonds is 1. The first-order valence-electron chi connectivity index (χ1n) is 5.48. The van der Waals surface area contributed by atoms with Crippen LogP contribution in [0.4, 0.5) is 5.82 Å². The summed E-state index contributed by atoms with van der Waals surface area (Å²) in [5, 5.41) is 7.42. The van der Waals surface area contributed by atoms with E-state index >= 15 is 0 Å². The van der Waals surface area contributed by atoms with Crippen molar-refractivity contribution in [3.8, 4) is 0 Å². The number of ether oxygens (including phenoxy) is 1. The second-order valence-corrected chi connectivity index (χ2v) is 3.73. The molecule has 19 heavy (non-hydrogen) atoms. The van der Waals surface area contributed by atoms with E-state index < -0.39 is 5.97 Å². The fraction of sp³-hybridized carbons (Fsp3) is 0.545. The van der Waals surface area contributed by atoms with Crippen LogP contribution in [0, 0.1) is 6.33 Å². The van der Waals surface area contributed by atoms with Crippen LogP contribution >= 0.6 is 0 Å². The molecule has 0 aliphatic carbocycles. The van der Waals surface area contributed by atoms with Crippen LogP contribution in [0.25, 0.3) is 0 Å². The van der Waals surface area contributed by atoms with Crippen molar-refractivity contribution >= 4 is 11.8 Å². The van der Waals surface area contributed by atoms with E-state index in [0.29, 0.717) is 19.0 Å². The molecule has 1 fully saturated rings. The van der Waals surface area contributed by atoms with E-state index in [0.717, 1.165) is 20.0 Å². The van der Waals surface area contributed by atoms with E-state index in [1.165, 1.54) is 10.6 Å². The summed E-state index contributed by atoms with van der Waals surface area (Å²) >= 11 is 0. The number of carboxylic acids is 1. The largest absolute Gasteiger partial charge is 1.00 e. The molecule has 8 heteroatoms. The van der Waals surface area contributed by atoms with Crippen LogP contribution in [0.1, 0.15) is 6.92 Å². The van der Waals surface area contributed by atoms with Gasteiger partial charge in [-0.25, -0.2) is 0 Å². The Morgan fingerprint density at radius 2 is 2.00 bits per heavy atom. The molecule has 1 aromatic rings. The maximum Gasteiger partial charge on any atom is 1.00 e. The van der Waals surface area contributed by atoms with Crippen LogP contribution in [-0.2, 0) is 16.6 Å². The molecule has 2 heterocycles. The Kier molecular flexibility index (Phi) is 8.66. The molecule has 7 nitrogen and oxygen atoms in total. The summed E-state index contributed by atoms with van der Waals surface area (Å²) in [5.41, 5.74) is -0.0820. The van der Waals surface area contributed by atoms with Crippen LogP contribution in [0.5, 0.6) is 0 Å². The first kappa shape index (κ1) is 18.1. The maximum atomic E-state index is 11.3. The summed E-state index contributed by atoms with van der Waals surface area (Å²) in [7, 11) is 1.64. The summed E-state index contributed by atoms with van der Waals surface area (Å²) in [6.07, 6.45) is 2.64. The van der Waals surface area contributed by atoms with Gasteiger partial charge in [0.2, 0.25) is 0 Å².